The summed E-state index contributed by atoms with van der Waals surface area (Å²) < 4.78 is 0. The highest BCUT2D eigenvalue weighted by Crippen LogP contribution is 2.26. The normalized spacial score (nSPS) is 15.0. The van der Waals surface area contributed by atoms with Crippen LogP contribution < -0.4 is 0 Å². The van der Waals surface area contributed by atoms with Gasteiger partial charge in [-0.25, -0.2) is 0 Å². The lowest BCUT2D eigenvalue weighted by Gasteiger charge is -2.24. The van der Waals surface area contributed by atoms with E-state index in [1.165, 1.54) is 18.2 Å². The summed E-state index contributed by atoms with van der Waals surface area (Å²) >= 11 is 0. The Kier molecular flexibility index (Phi) is 3.85. The molecular formula is C21H22N2O. The summed E-state index contributed by atoms with van der Waals surface area (Å²) in [5, 5.41) is 1.21. The fourth-order valence-electron chi connectivity index (χ4n) is 3.69. The van der Waals surface area contributed by atoms with E-state index in [9.17, 15) is 4.79 Å². The van der Waals surface area contributed by atoms with E-state index in [4.69, 9.17) is 0 Å². The molecule has 3 heteroatoms. The highest BCUT2D eigenvalue weighted by atomic mass is 16.2. The Balaban J connectivity index is 1.56. The van der Waals surface area contributed by atoms with E-state index < -0.39 is 0 Å². The molecule has 3 nitrogen and oxygen atoms in total. The molecule has 0 aliphatic heterocycles. The number of aromatic amines is 1. The number of benzene rings is 2. The third-order valence-corrected chi connectivity index (χ3v) is 5.21. The number of amides is 1. The lowest BCUT2D eigenvalue weighted by atomic mass is 10.0. The van der Waals surface area contributed by atoms with Gasteiger partial charge in [0.1, 0.15) is 0 Å². The number of rotatable bonds is 3. The van der Waals surface area contributed by atoms with Crippen LogP contribution in [0.3, 0.4) is 0 Å². The number of hydrogen-bond donors (Lipinski definition) is 1. The molecule has 1 N–H and O–H groups in total. The molecule has 1 saturated carbocycles. The number of hydrogen-bond acceptors (Lipinski definition) is 1. The van der Waals surface area contributed by atoms with Crippen LogP contribution in [0, 0.1) is 0 Å². The molecule has 3 aromatic rings. The monoisotopic (exact) mass is 318 g/mol. The maximum atomic E-state index is 12.6. The highest BCUT2D eigenvalue weighted by Gasteiger charge is 2.24. The molecule has 0 unspecified atom stereocenters. The zero-order valence-corrected chi connectivity index (χ0v) is 14.0. The summed E-state index contributed by atoms with van der Waals surface area (Å²) in [5.41, 5.74) is 4.20. The van der Waals surface area contributed by atoms with Gasteiger partial charge in [-0.05, 0) is 53.6 Å². The second-order valence-corrected chi connectivity index (χ2v) is 6.71. The second-order valence-electron chi connectivity index (χ2n) is 6.71. The van der Waals surface area contributed by atoms with E-state index in [1.54, 1.807) is 0 Å². The third kappa shape index (κ3) is 2.71. The van der Waals surface area contributed by atoms with Gasteiger partial charge in [0.15, 0.2) is 0 Å². The minimum atomic E-state index is 0.133. The number of nitrogens with zero attached hydrogens (tertiary/aromatic N) is 1. The molecule has 0 bridgehead atoms. The minimum absolute atomic E-state index is 0.133. The van der Waals surface area contributed by atoms with E-state index in [0.717, 1.165) is 35.0 Å². The molecule has 4 rings (SSSR count). The van der Waals surface area contributed by atoms with Gasteiger partial charge in [-0.2, -0.15) is 0 Å². The summed E-state index contributed by atoms with van der Waals surface area (Å²) in [7, 11) is 1.94. The van der Waals surface area contributed by atoms with Crippen LogP contribution >= 0.6 is 0 Å². The highest BCUT2D eigenvalue weighted by molar-refractivity contribution is 5.95. The fraction of sp³-hybridized carbons (Fsp3) is 0.286. The number of H-pyrrole nitrogens is 1. The van der Waals surface area contributed by atoms with E-state index in [0.29, 0.717) is 6.04 Å². The van der Waals surface area contributed by atoms with Crippen molar-refractivity contribution in [3.63, 3.8) is 0 Å². The van der Waals surface area contributed by atoms with Gasteiger partial charge in [-0.1, -0.05) is 37.1 Å². The van der Waals surface area contributed by atoms with Crippen molar-refractivity contribution >= 4 is 16.8 Å². The van der Waals surface area contributed by atoms with Crippen molar-refractivity contribution in [3.8, 4) is 11.1 Å². The van der Waals surface area contributed by atoms with Crippen molar-refractivity contribution in [1.82, 2.24) is 9.88 Å². The van der Waals surface area contributed by atoms with Gasteiger partial charge in [0.2, 0.25) is 0 Å². The molecule has 0 spiro atoms. The summed E-state index contributed by atoms with van der Waals surface area (Å²) in [6.45, 7) is 0. The predicted octanol–water partition coefficient (Wildman–Crippen LogP) is 4.85. The third-order valence-electron chi connectivity index (χ3n) is 5.21. The van der Waals surface area contributed by atoms with Gasteiger partial charge in [0.05, 0.1) is 0 Å². The summed E-state index contributed by atoms with van der Waals surface area (Å²) in [4.78, 5) is 17.8. The smallest absolute Gasteiger partial charge is 0.253 e. The molecule has 0 atom stereocenters. The SMILES string of the molecule is CN(C(=O)c1ccc(-c2ccc3cc[nH]c3c2)cc1)C1CCCC1. The van der Waals surface area contributed by atoms with Crippen LogP contribution in [0.4, 0.5) is 0 Å². The van der Waals surface area contributed by atoms with Crippen molar-refractivity contribution in [1.29, 1.82) is 0 Å². The molecule has 122 valence electrons. The maximum Gasteiger partial charge on any atom is 0.253 e. The van der Waals surface area contributed by atoms with Gasteiger partial charge < -0.3 is 9.88 Å². The van der Waals surface area contributed by atoms with Crippen LogP contribution in [0.2, 0.25) is 0 Å². The van der Waals surface area contributed by atoms with E-state index in [1.807, 2.05) is 42.4 Å². The first-order valence-electron chi connectivity index (χ1n) is 8.67. The Morgan fingerprint density at radius 3 is 2.46 bits per heavy atom. The standard InChI is InChI=1S/C21H22N2O/c1-23(19-4-2-3-5-19)21(24)17-9-6-15(7-10-17)18-11-8-16-12-13-22-20(16)14-18/h6-14,19,22H,2-5H2,1H3. The van der Waals surface area contributed by atoms with Gasteiger partial charge in [0, 0.05) is 30.4 Å². The largest absolute Gasteiger partial charge is 0.361 e. The topological polar surface area (TPSA) is 36.1 Å². The number of nitrogens with one attached hydrogen (secondary N) is 1. The Morgan fingerprint density at radius 1 is 1.00 bits per heavy atom. The fourth-order valence-corrected chi connectivity index (χ4v) is 3.69. The van der Waals surface area contributed by atoms with Crippen LogP contribution in [-0.4, -0.2) is 28.9 Å². The molecule has 1 heterocycles. The average Bonchev–Trinajstić information content (AvgIpc) is 3.31. The van der Waals surface area contributed by atoms with Gasteiger partial charge in [0.25, 0.3) is 5.91 Å². The molecule has 0 saturated heterocycles. The predicted molar refractivity (Wildman–Crippen MR) is 98.1 cm³/mol. The summed E-state index contributed by atoms with van der Waals surface area (Å²) in [6.07, 6.45) is 6.70. The molecule has 2 aromatic carbocycles. The lowest BCUT2D eigenvalue weighted by molar-refractivity contribution is 0.0735. The van der Waals surface area contributed by atoms with Crippen LogP contribution in [0.5, 0.6) is 0 Å². The second kappa shape index (κ2) is 6.16. The number of aromatic nitrogens is 1. The Morgan fingerprint density at radius 2 is 1.71 bits per heavy atom. The van der Waals surface area contributed by atoms with Crippen molar-refractivity contribution in [2.75, 3.05) is 7.05 Å². The zero-order chi connectivity index (χ0) is 16.5. The van der Waals surface area contributed by atoms with E-state index in [2.05, 4.69) is 29.2 Å². The van der Waals surface area contributed by atoms with E-state index >= 15 is 0 Å². The molecule has 1 fully saturated rings. The van der Waals surface area contributed by atoms with Gasteiger partial charge >= 0.3 is 0 Å². The van der Waals surface area contributed by atoms with Gasteiger partial charge in [-0.3, -0.25) is 4.79 Å². The average molecular weight is 318 g/mol. The Labute approximate surface area is 142 Å². The number of fused-ring (bicyclic) bond motifs is 1. The Hall–Kier alpha value is -2.55. The van der Waals surface area contributed by atoms with E-state index in [-0.39, 0.29) is 5.91 Å². The number of carbonyl (C=O) groups is 1. The Bertz CT molecular complexity index is 857. The van der Waals surface area contributed by atoms with Crippen LogP contribution in [0.1, 0.15) is 36.0 Å². The molecule has 1 aromatic heterocycles. The van der Waals surface area contributed by atoms with Crippen LogP contribution in [0.25, 0.3) is 22.0 Å². The molecular weight excluding hydrogens is 296 g/mol. The molecule has 24 heavy (non-hydrogen) atoms. The first-order chi connectivity index (χ1) is 11.7. The molecule has 1 aliphatic rings. The van der Waals surface area contributed by atoms with Crippen molar-refractivity contribution in [2.45, 2.75) is 31.7 Å². The zero-order valence-electron chi connectivity index (χ0n) is 14.0. The number of carbonyl (C=O) groups excluding carboxylic acids is 1. The van der Waals surface area contributed by atoms with Crippen LogP contribution in [-0.2, 0) is 0 Å². The first kappa shape index (κ1) is 15.0. The lowest BCUT2D eigenvalue weighted by Crippen LogP contribution is -2.35. The van der Waals surface area contributed by atoms with Crippen molar-refractivity contribution in [3.05, 3.63) is 60.3 Å². The molecule has 0 radical (unpaired) electrons. The minimum Gasteiger partial charge on any atom is -0.361 e. The first-order valence-corrected chi connectivity index (χ1v) is 8.67. The van der Waals surface area contributed by atoms with Gasteiger partial charge in [-0.15, -0.1) is 0 Å². The molecule has 1 aliphatic carbocycles. The summed E-state index contributed by atoms with van der Waals surface area (Å²) in [5.74, 6) is 0.133. The quantitative estimate of drug-likeness (QED) is 0.736. The van der Waals surface area contributed by atoms with Crippen LogP contribution in [0.15, 0.2) is 54.7 Å². The molecule has 1 amide bonds. The van der Waals surface area contributed by atoms with Crippen molar-refractivity contribution in [2.24, 2.45) is 0 Å². The summed E-state index contributed by atoms with van der Waals surface area (Å²) in [6, 6.07) is 16.8. The van der Waals surface area contributed by atoms with Crippen molar-refractivity contribution < 1.29 is 4.79 Å². The maximum absolute atomic E-state index is 12.6.